The molecule has 2 unspecified atom stereocenters. The number of hydrogen-bond acceptors (Lipinski definition) is 4. The molecule has 132 valence electrons. The minimum absolute atomic E-state index is 0.0243. The fourth-order valence-electron chi connectivity index (χ4n) is 3.69. The smallest absolute Gasteiger partial charge is 0.126 e. The summed E-state index contributed by atoms with van der Waals surface area (Å²) in [5.41, 5.74) is 3.13. The van der Waals surface area contributed by atoms with Crippen molar-refractivity contribution in [3.05, 3.63) is 83.4 Å². The maximum atomic E-state index is 9.92. The van der Waals surface area contributed by atoms with E-state index in [9.17, 15) is 10.2 Å². The second kappa shape index (κ2) is 6.64. The number of benzene rings is 3. The number of methoxy groups -OCH3 is 1. The van der Waals surface area contributed by atoms with Gasteiger partial charge in [-0.25, -0.2) is 0 Å². The second-order valence-electron chi connectivity index (χ2n) is 6.49. The zero-order chi connectivity index (χ0) is 18.1. The van der Waals surface area contributed by atoms with Crippen LogP contribution >= 0.6 is 0 Å². The Labute approximate surface area is 152 Å². The summed E-state index contributed by atoms with van der Waals surface area (Å²) in [7, 11) is 1.65. The van der Waals surface area contributed by atoms with E-state index in [1.165, 1.54) is 0 Å². The Morgan fingerprint density at radius 1 is 0.885 bits per heavy atom. The molecule has 3 aromatic carbocycles. The molecule has 4 nitrogen and oxygen atoms in total. The van der Waals surface area contributed by atoms with Crippen LogP contribution in [0.4, 0.5) is 0 Å². The van der Waals surface area contributed by atoms with Gasteiger partial charge in [0.05, 0.1) is 13.7 Å². The van der Waals surface area contributed by atoms with Crippen LogP contribution in [-0.4, -0.2) is 23.9 Å². The van der Waals surface area contributed by atoms with Crippen LogP contribution in [0.25, 0.3) is 0 Å². The van der Waals surface area contributed by atoms with E-state index >= 15 is 0 Å². The van der Waals surface area contributed by atoms with Gasteiger partial charge in [0, 0.05) is 23.5 Å². The molecule has 0 amide bonds. The van der Waals surface area contributed by atoms with E-state index in [-0.39, 0.29) is 23.3 Å². The van der Waals surface area contributed by atoms with E-state index < -0.39 is 0 Å². The molecule has 26 heavy (non-hydrogen) atoms. The molecule has 0 bridgehead atoms. The summed E-state index contributed by atoms with van der Waals surface area (Å²) in [5, 5.41) is 19.7. The van der Waals surface area contributed by atoms with Gasteiger partial charge in [-0.15, -0.1) is 0 Å². The monoisotopic (exact) mass is 348 g/mol. The Morgan fingerprint density at radius 3 is 2.46 bits per heavy atom. The van der Waals surface area contributed by atoms with Gasteiger partial charge in [0.25, 0.3) is 0 Å². The molecule has 1 heterocycles. The number of rotatable bonds is 3. The Balaban J connectivity index is 1.87. The van der Waals surface area contributed by atoms with Crippen LogP contribution in [-0.2, 0) is 0 Å². The lowest BCUT2D eigenvalue weighted by atomic mass is 9.76. The van der Waals surface area contributed by atoms with Crippen molar-refractivity contribution in [1.29, 1.82) is 0 Å². The van der Waals surface area contributed by atoms with Gasteiger partial charge >= 0.3 is 0 Å². The summed E-state index contributed by atoms with van der Waals surface area (Å²) in [6.45, 7) is 0.460. The van der Waals surface area contributed by atoms with Crippen molar-refractivity contribution in [2.45, 2.75) is 11.8 Å². The molecular weight excluding hydrogens is 328 g/mol. The molecule has 1 aliphatic rings. The Kier molecular flexibility index (Phi) is 4.17. The van der Waals surface area contributed by atoms with Gasteiger partial charge in [0.15, 0.2) is 0 Å². The van der Waals surface area contributed by atoms with Crippen LogP contribution in [0.1, 0.15) is 28.5 Å². The molecule has 0 aromatic heterocycles. The predicted molar refractivity (Wildman–Crippen MR) is 99.3 cm³/mol. The highest BCUT2D eigenvalue weighted by atomic mass is 16.5. The van der Waals surface area contributed by atoms with Crippen LogP contribution < -0.4 is 9.47 Å². The molecular formula is C22H20O4. The summed E-state index contributed by atoms with van der Waals surface area (Å²) in [6.07, 6.45) is 0. The molecule has 4 heteroatoms. The van der Waals surface area contributed by atoms with Gasteiger partial charge in [-0.2, -0.15) is 0 Å². The number of ether oxygens (including phenoxy) is 2. The summed E-state index contributed by atoms with van der Waals surface area (Å²) in [4.78, 5) is 0. The van der Waals surface area contributed by atoms with Crippen LogP contribution in [0, 0.1) is 0 Å². The SMILES string of the molecule is COc1cccc(C2c3ccc(O)cc3OCC2c2cccc(O)c2)c1. The minimum Gasteiger partial charge on any atom is -0.508 e. The van der Waals surface area contributed by atoms with Gasteiger partial charge in [0.2, 0.25) is 0 Å². The first-order valence-corrected chi connectivity index (χ1v) is 8.54. The fourth-order valence-corrected chi connectivity index (χ4v) is 3.69. The van der Waals surface area contributed by atoms with Gasteiger partial charge in [-0.3, -0.25) is 0 Å². The standard InChI is InChI=1S/C22H20O4/c1-25-18-7-3-5-15(11-18)22-19-9-8-17(24)12-21(19)26-13-20(22)14-4-2-6-16(23)10-14/h2-12,20,22-24H,13H2,1H3. The van der Waals surface area contributed by atoms with Gasteiger partial charge in [-0.05, 0) is 41.5 Å². The first-order valence-electron chi connectivity index (χ1n) is 8.54. The number of hydrogen-bond donors (Lipinski definition) is 2. The maximum absolute atomic E-state index is 9.92. The molecule has 2 N–H and O–H groups in total. The molecule has 0 saturated carbocycles. The summed E-state index contributed by atoms with van der Waals surface area (Å²) in [6, 6.07) is 20.5. The second-order valence-corrected chi connectivity index (χ2v) is 6.49. The highest BCUT2D eigenvalue weighted by Gasteiger charge is 2.34. The third-order valence-corrected chi connectivity index (χ3v) is 4.90. The van der Waals surface area contributed by atoms with Crippen molar-refractivity contribution in [3.63, 3.8) is 0 Å². The van der Waals surface area contributed by atoms with Crippen LogP contribution in [0.2, 0.25) is 0 Å². The van der Waals surface area contributed by atoms with Gasteiger partial charge in [0.1, 0.15) is 23.0 Å². The number of aromatic hydroxyl groups is 2. The highest BCUT2D eigenvalue weighted by molar-refractivity contribution is 5.51. The van der Waals surface area contributed by atoms with Gasteiger partial charge in [-0.1, -0.05) is 30.3 Å². The zero-order valence-electron chi connectivity index (χ0n) is 14.4. The summed E-state index contributed by atoms with van der Waals surface area (Å²) < 4.78 is 11.3. The van der Waals surface area contributed by atoms with Crippen LogP contribution in [0.3, 0.4) is 0 Å². The molecule has 1 aliphatic heterocycles. The molecule has 3 aromatic rings. The quantitative estimate of drug-likeness (QED) is 0.736. The zero-order valence-corrected chi connectivity index (χ0v) is 14.4. The fraction of sp³-hybridized carbons (Fsp3) is 0.182. The van der Waals surface area contributed by atoms with Crippen molar-refractivity contribution >= 4 is 0 Å². The Hall–Kier alpha value is -3.14. The largest absolute Gasteiger partial charge is 0.508 e. The molecule has 0 fully saturated rings. The predicted octanol–water partition coefficient (Wildman–Crippen LogP) is 4.41. The first kappa shape index (κ1) is 16.3. The van der Waals surface area contributed by atoms with E-state index in [0.29, 0.717) is 12.4 Å². The van der Waals surface area contributed by atoms with Crippen LogP contribution in [0.15, 0.2) is 66.7 Å². The number of fused-ring (bicyclic) bond motifs is 1. The van der Waals surface area contributed by atoms with E-state index in [0.717, 1.165) is 22.4 Å². The van der Waals surface area contributed by atoms with Crippen molar-refractivity contribution in [2.75, 3.05) is 13.7 Å². The summed E-state index contributed by atoms with van der Waals surface area (Å²) >= 11 is 0. The lowest BCUT2D eigenvalue weighted by Crippen LogP contribution is -2.25. The van der Waals surface area contributed by atoms with Crippen molar-refractivity contribution in [1.82, 2.24) is 0 Å². The molecule has 0 spiro atoms. The van der Waals surface area contributed by atoms with E-state index in [4.69, 9.17) is 9.47 Å². The number of phenolic OH excluding ortho intramolecular Hbond substituents is 2. The highest BCUT2D eigenvalue weighted by Crippen LogP contribution is 2.47. The van der Waals surface area contributed by atoms with E-state index in [2.05, 4.69) is 6.07 Å². The number of phenols is 2. The van der Waals surface area contributed by atoms with Crippen molar-refractivity contribution in [2.24, 2.45) is 0 Å². The van der Waals surface area contributed by atoms with Crippen LogP contribution in [0.5, 0.6) is 23.0 Å². The van der Waals surface area contributed by atoms with Crippen molar-refractivity contribution in [3.8, 4) is 23.0 Å². The molecule has 0 aliphatic carbocycles. The lowest BCUT2D eigenvalue weighted by Gasteiger charge is -2.34. The molecule has 0 radical (unpaired) electrons. The lowest BCUT2D eigenvalue weighted by molar-refractivity contribution is 0.247. The first-order chi connectivity index (χ1) is 12.7. The van der Waals surface area contributed by atoms with E-state index in [1.807, 2.05) is 36.4 Å². The third-order valence-electron chi connectivity index (χ3n) is 4.90. The van der Waals surface area contributed by atoms with Gasteiger partial charge < -0.3 is 19.7 Å². The maximum Gasteiger partial charge on any atom is 0.126 e. The minimum atomic E-state index is 0.0243. The topological polar surface area (TPSA) is 58.9 Å². The molecule has 4 rings (SSSR count). The Bertz CT molecular complexity index is 935. The van der Waals surface area contributed by atoms with Crippen molar-refractivity contribution < 1.29 is 19.7 Å². The molecule has 2 atom stereocenters. The Morgan fingerprint density at radius 2 is 1.65 bits per heavy atom. The average Bonchev–Trinajstić information content (AvgIpc) is 2.67. The average molecular weight is 348 g/mol. The third kappa shape index (κ3) is 2.94. The molecule has 0 saturated heterocycles. The van der Waals surface area contributed by atoms with E-state index in [1.54, 1.807) is 31.4 Å². The summed E-state index contributed by atoms with van der Waals surface area (Å²) in [5.74, 6) is 1.97. The normalized spacial score (nSPS) is 18.7.